The highest BCUT2D eigenvalue weighted by Gasteiger charge is 2.34. The number of ether oxygens (including phenoxy) is 2. The van der Waals surface area contributed by atoms with Gasteiger partial charge in [0.15, 0.2) is 0 Å². The molecule has 2 atom stereocenters. The van der Waals surface area contributed by atoms with Crippen molar-refractivity contribution >= 4 is 17.6 Å². The third-order valence-corrected chi connectivity index (χ3v) is 5.64. The lowest BCUT2D eigenvalue weighted by molar-refractivity contribution is -0.275. The molecule has 0 heterocycles. The van der Waals surface area contributed by atoms with Crippen molar-refractivity contribution in [1.29, 1.82) is 0 Å². The molecule has 38 heavy (non-hydrogen) atoms. The molecule has 0 radical (unpaired) electrons. The number of aliphatic hydroxyl groups is 1. The van der Waals surface area contributed by atoms with Crippen LogP contribution >= 0.6 is 0 Å². The molecule has 3 rings (SSSR count). The van der Waals surface area contributed by atoms with Crippen LogP contribution in [-0.2, 0) is 6.42 Å². The molecule has 0 spiro atoms. The van der Waals surface area contributed by atoms with E-state index in [1.165, 1.54) is 24.3 Å². The molecule has 0 bridgehead atoms. The number of aliphatic hydroxyl groups excluding tert-OH is 1. The van der Waals surface area contributed by atoms with E-state index >= 15 is 0 Å². The van der Waals surface area contributed by atoms with Crippen molar-refractivity contribution in [3.05, 3.63) is 53.6 Å². The summed E-state index contributed by atoms with van der Waals surface area (Å²) in [5.41, 5.74) is 0.370. The topological polar surface area (TPSA) is 109 Å². The smallest absolute Gasteiger partial charge is 0.406 e. The van der Waals surface area contributed by atoms with Crippen molar-refractivity contribution in [2.75, 3.05) is 18.5 Å². The van der Waals surface area contributed by atoms with Crippen molar-refractivity contribution in [1.82, 2.24) is 10.6 Å². The quantitative estimate of drug-likeness (QED) is 0.338. The van der Waals surface area contributed by atoms with Gasteiger partial charge in [-0.3, -0.25) is 4.79 Å². The predicted molar refractivity (Wildman–Crippen MR) is 123 cm³/mol. The van der Waals surface area contributed by atoms with E-state index in [0.29, 0.717) is 31.2 Å². The second kappa shape index (κ2) is 12.2. The van der Waals surface area contributed by atoms with E-state index in [-0.39, 0.29) is 29.8 Å². The number of urea groups is 1. The summed E-state index contributed by atoms with van der Waals surface area (Å²) in [4.78, 5) is 24.7. The summed E-state index contributed by atoms with van der Waals surface area (Å²) in [5, 5.41) is 16.4. The first kappa shape index (κ1) is 28.9. The van der Waals surface area contributed by atoms with Gasteiger partial charge < -0.3 is 30.5 Å². The van der Waals surface area contributed by atoms with Crippen LogP contribution in [0.3, 0.4) is 0 Å². The van der Waals surface area contributed by atoms with Gasteiger partial charge in [0.05, 0.1) is 12.2 Å². The fourth-order valence-electron chi connectivity index (χ4n) is 4.21. The van der Waals surface area contributed by atoms with Gasteiger partial charge in [0.25, 0.3) is 5.91 Å². The predicted octanol–water partition coefficient (Wildman–Crippen LogP) is 4.74. The third-order valence-electron chi connectivity index (χ3n) is 5.64. The number of hydrogen-bond acceptors (Lipinski definition) is 5. The Bertz CT molecular complexity index is 1130. The number of halogens is 6. The van der Waals surface area contributed by atoms with Crippen LogP contribution < -0.4 is 25.4 Å². The molecule has 1 fully saturated rings. The highest BCUT2D eigenvalue weighted by atomic mass is 19.4. The van der Waals surface area contributed by atoms with Crippen LogP contribution in [0.25, 0.3) is 0 Å². The number of rotatable bonds is 9. The van der Waals surface area contributed by atoms with Gasteiger partial charge in [-0.05, 0) is 61.4 Å². The number of carbonyl (C=O) groups excluding carboxylic acids is 2. The van der Waals surface area contributed by atoms with Crippen LogP contribution in [0, 0.1) is 5.92 Å². The van der Waals surface area contributed by atoms with E-state index in [1.807, 2.05) is 0 Å². The number of hydrogen-bond donors (Lipinski definition) is 4. The number of anilines is 1. The summed E-state index contributed by atoms with van der Waals surface area (Å²) in [5.74, 6) is -1.92. The van der Waals surface area contributed by atoms with Crippen LogP contribution in [-0.4, -0.2) is 49.0 Å². The number of benzene rings is 2. The molecular weight excluding hydrogens is 524 g/mol. The lowest BCUT2D eigenvalue weighted by Gasteiger charge is -2.17. The highest BCUT2D eigenvalue weighted by molar-refractivity contribution is 5.97. The van der Waals surface area contributed by atoms with Gasteiger partial charge in [-0.25, -0.2) is 4.79 Å². The second-order valence-electron chi connectivity index (χ2n) is 8.61. The first-order valence-electron chi connectivity index (χ1n) is 11.5. The Labute approximate surface area is 213 Å². The standard InChI is InChI=1S/C24H25F6N3O5/c25-23(26,27)37-18-3-1-2-16(13-18)32-22(36)33-17-6-4-14(11-17)10-15-5-7-20(38-24(28,29)30)19(12-15)21(35)31-8-9-34/h1-3,5,7,12-14,17,34H,4,6,8-11H2,(H,31,35)(H2,32,33,36). The van der Waals surface area contributed by atoms with Crippen LogP contribution in [0.15, 0.2) is 42.5 Å². The second-order valence-corrected chi connectivity index (χ2v) is 8.61. The molecule has 1 aliphatic rings. The largest absolute Gasteiger partial charge is 0.573 e. The van der Waals surface area contributed by atoms with Gasteiger partial charge in [-0.2, -0.15) is 0 Å². The monoisotopic (exact) mass is 549 g/mol. The maximum Gasteiger partial charge on any atom is 0.573 e. The summed E-state index contributed by atoms with van der Waals surface area (Å²) in [6.07, 6.45) is -7.61. The lowest BCUT2D eigenvalue weighted by atomic mass is 9.96. The zero-order chi connectivity index (χ0) is 27.9. The minimum Gasteiger partial charge on any atom is -0.406 e. The Balaban J connectivity index is 1.58. The van der Waals surface area contributed by atoms with Crippen molar-refractivity contribution in [3.8, 4) is 11.5 Å². The van der Waals surface area contributed by atoms with Crippen LogP contribution in [0.4, 0.5) is 36.8 Å². The zero-order valence-electron chi connectivity index (χ0n) is 19.8. The fraction of sp³-hybridized carbons (Fsp3) is 0.417. The van der Waals surface area contributed by atoms with E-state index in [4.69, 9.17) is 5.11 Å². The minimum absolute atomic E-state index is 0.0477. The normalized spacial score (nSPS) is 17.6. The fourth-order valence-corrected chi connectivity index (χ4v) is 4.21. The molecule has 4 N–H and O–H groups in total. The van der Waals surface area contributed by atoms with E-state index in [1.54, 1.807) is 0 Å². The Morgan fingerprint density at radius 1 is 0.974 bits per heavy atom. The molecule has 2 unspecified atom stereocenters. The zero-order valence-corrected chi connectivity index (χ0v) is 19.8. The number of amides is 3. The highest BCUT2D eigenvalue weighted by Crippen LogP contribution is 2.32. The summed E-state index contributed by atoms with van der Waals surface area (Å²) in [6, 6.07) is 7.76. The lowest BCUT2D eigenvalue weighted by Crippen LogP contribution is -2.36. The van der Waals surface area contributed by atoms with Gasteiger partial charge in [0, 0.05) is 24.3 Å². The molecule has 1 saturated carbocycles. The van der Waals surface area contributed by atoms with E-state index < -0.39 is 42.8 Å². The Hall–Kier alpha value is -3.68. The van der Waals surface area contributed by atoms with Crippen LogP contribution in [0.5, 0.6) is 11.5 Å². The van der Waals surface area contributed by atoms with Gasteiger partial charge >= 0.3 is 18.8 Å². The molecule has 3 amide bonds. The van der Waals surface area contributed by atoms with E-state index in [2.05, 4.69) is 25.4 Å². The van der Waals surface area contributed by atoms with Crippen molar-refractivity contribution in [2.24, 2.45) is 5.92 Å². The summed E-state index contributed by atoms with van der Waals surface area (Å²) in [7, 11) is 0. The first-order chi connectivity index (χ1) is 17.8. The van der Waals surface area contributed by atoms with Crippen LogP contribution in [0.1, 0.15) is 35.2 Å². The SMILES string of the molecule is O=C(Nc1cccc(OC(F)(F)F)c1)NC1CCC(Cc2ccc(OC(F)(F)F)c(C(=O)NCCO)c2)C1. The van der Waals surface area contributed by atoms with Crippen molar-refractivity contribution in [2.45, 2.75) is 44.4 Å². The third kappa shape index (κ3) is 9.32. The molecular formula is C24H25F6N3O5. The van der Waals surface area contributed by atoms with Gasteiger partial charge in [0.2, 0.25) is 0 Å². The first-order valence-corrected chi connectivity index (χ1v) is 11.5. The average Bonchev–Trinajstić information content (AvgIpc) is 3.23. The number of carbonyl (C=O) groups is 2. The van der Waals surface area contributed by atoms with Crippen molar-refractivity contribution in [3.63, 3.8) is 0 Å². The molecule has 1 aliphatic carbocycles. The number of nitrogens with one attached hydrogen (secondary N) is 3. The Morgan fingerprint density at radius 3 is 2.39 bits per heavy atom. The summed E-state index contributed by atoms with van der Waals surface area (Å²) in [6.45, 7) is -0.538. The molecule has 14 heteroatoms. The van der Waals surface area contributed by atoms with Gasteiger partial charge in [-0.1, -0.05) is 12.1 Å². The van der Waals surface area contributed by atoms with Crippen molar-refractivity contribution < 1.29 is 50.5 Å². The molecule has 2 aromatic carbocycles. The number of alkyl halides is 6. The molecule has 0 aromatic heterocycles. The van der Waals surface area contributed by atoms with Gasteiger partial charge in [0.1, 0.15) is 11.5 Å². The molecule has 2 aromatic rings. The summed E-state index contributed by atoms with van der Waals surface area (Å²) >= 11 is 0. The minimum atomic E-state index is -4.99. The Morgan fingerprint density at radius 2 is 1.71 bits per heavy atom. The summed E-state index contributed by atoms with van der Waals surface area (Å²) < 4.78 is 83.2. The maximum atomic E-state index is 12.7. The van der Waals surface area contributed by atoms with Gasteiger partial charge in [-0.15, -0.1) is 26.3 Å². The average molecular weight is 549 g/mol. The molecule has 0 aliphatic heterocycles. The molecule has 0 saturated heterocycles. The Kier molecular flexibility index (Phi) is 9.31. The molecule has 8 nitrogen and oxygen atoms in total. The van der Waals surface area contributed by atoms with E-state index in [0.717, 1.165) is 18.2 Å². The maximum absolute atomic E-state index is 12.7. The molecule has 208 valence electrons. The van der Waals surface area contributed by atoms with E-state index in [9.17, 15) is 35.9 Å². The van der Waals surface area contributed by atoms with Crippen LogP contribution in [0.2, 0.25) is 0 Å².